The number of piperidine rings is 1. The minimum absolute atomic E-state index is 0.0521. The van der Waals surface area contributed by atoms with E-state index in [1.807, 2.05) is 66.1 Å². The molecule has 0 aliphatic carbocycles. The number of carbonyl (C=O) groups excluding carboxylic acids is 2. The van der Waals surface area contributed by atoms with E-state index >= 15 is 0 Å². The van der Waals surface area contributed by atoms with Crippen LogP contribution in [0.15, 0.2) is 48.5 Å². The summed E-state index contributed by atoms with van der Waals surface area (Å²) in [6, 6.07) is 13.8. The first-order chi connectivity index (χ1) is 17.0. The summed E-state index contributed by atoms with van der Waals surface area (Å²) in [6.07, 6.45) is 6.17. The zero-order valence-corrected chi connectivity index (χ0v) is 20.8. The third-order valence-electron chi connectivity index (χ3n) is 7.57. The summed E-state index contributed by atoms with van der Waals surface area (Å²) in [5, 5.41) is 3.43. The molecule has 3 heterocycles. The fraction of sp³-hybridized carbons (Fsp3) is 0.448. The fourth-order valence-corrected chi connectivity index (χ4v) is 5.48. The second kappa shape index (κ2) is 9.86. The molecule has 2 aromatic rings. The van der Waals surface area contributed by atoms with E-state index in [9.17, 15) is 9.59 Å². The number of nitrogens with zero attached hydrogens (tertiary/aromatic N) is 2. The normalized spacial score (nSPS) is 18.6. The molecular weight excluding hydrogens is 438 g/mol. The molecule has 0 radical (unpaired) electrons. The zero-order valence-electron chi connectivity index (χ0n) is 20.8. The van der Waals surface area contributed by atoms with Crippen molar-refractivity contribution in [1.29, 1.82) is 0 Å². The number of ether oxygens (including phenoxy) is 1. The highest BCUT2D eigenvalue weighted by molar-refractivity contribution is 5.98. The second-order valence-electron chi connectivity index (χ2n) is 9.74. The Hall–Kier alpha value is -3.12. The molecule has 5 rings (SSSR count). The van der Waals surface area contributed by atoms with Gasteiger partial charge in [-0.15, -0.1) is 0 Å². The number of carbonyl (C=O) groups is 2. The SMILES string of the molecule is CCN(CC)C(=O)c1ccc(C2=CC3(CCNCC3)Oc3ccc(C(=O)N4CCCC4)cc32)cc1. The Bertz CT molecular complexity index is 1120. The molecular formula is C29H35N3O3. The quantitative estimate of drug-likeness (QED) is 0.701. The molecule has 0 atom stereocenters. The Morgan fingerprint density at radius 1 is 0.971 bits per heavy atom. The van der Waals surface area contributed by atoms with Crippen molar-refractivity contribution >= 4 is 17.4 Å². The molecule has 35 heavy (non-hydrogen) atoms. The maximum Gasteiger partial charge on any atom is 0.253 e. The van der Waals surface area contributed by atoms with E-state index in [2.05, 4.69) is 11.4 Å². The third-order valence-corrected chi connectivity index (χ3v) is 7.57. The molecule has 0 aromatic heterocycles. The molecule has 1 N–H and O–H groups in total. The van der Waals surface area contributed by atoms with Gasteiger partial charge in [-0.3, -0.25) is 9.59 Å². The largest absolute Gasteiger partial charge is 0.482 e. The van der Waals surface area contributed by atoms with E-state index in [0.29, 0.717) is 24.2 Å². The molecule has 2 aromatic carbocycles. The van der Waals surface area contributed by atoms with Gasteiger partial charge in [0, 0.05) is 55.7 Å². The van der Waals surface area contributed by atoms with Crippen LogP contribution in [0.3, 0.4) is 0 Å². The lowest BCUT2D eigenvalue weighted by atomic mass is 9.83. The van der Waals surface area contributed by atoms with E-state index in [0.717, 1.165) is 74.3 Å². The van der Waals surface area contributed by atoms with Gasteiger partial charge in [0.25, 0.3) is 11.8 Å². The van der Waals surface area contributed by atoms with Gasteiger partial charge in [-0.1, -0.05) is 12.1 Å². The molecule has 2 fully saturated rings. The van der Waals surface area contributed by atoms with Crippen molar-refractivity contribution in [2.75, 3.05) is 39.3 Å². The minimum atomic E-state index is -0.357. The van der Waals surface area contributed by atoms with E-state index < -0.39 is 0 Å². The highest BCUT2D eigenvalue weighted by atomic mass is 16.5. The van der Waals surface area contributed by atoms with Crippen LogP contribution in [-0.2, 0) is 0 Å². The van der Waals surface area contributed by atoms with Gasteiger partial charge in [-0.05, 0) is 87.3 Å². The van der Waals surface area contributed by atoms with Gasteiger partial charge < -0.3 is 19.9 Å². The van der Waals surface area contributed by atoms with Gasteiger partial charge in [-0.25, -0.2) is 0 Å². The van der Waals surface area contributed by atoms with Crippen molar-refractivity contribution in [3.63, 3.8) is 0 Å². The van der Waals surface area contributed by atoms with Crippen molar-refractivity contribution < 1.29 is 14.3 Å². The smallest absolute Gasteiger partial charge is 0.253 e. The number of hydrogen-bond acceptors (Lipinski definition) is 4. The van der Waals surface area contributed by atoms with Crippen molar-refractivity contribution in [2.45, 2.75) is 45.1 Å². The lowest BCUT2D eigenvalue weighted by Crippen LogP contribution is -2.46. The van der Waals surface area contributed by atoms with Crippen molar-refractivity contribution in [1.82, 2.24) is 15.1 Å². The van der Waals surface area contributed by atoms with Crippen LogP contribution in [0, 0.1) is 0 Å². The third kappa shape index (κ3) is 4.59. The Labute approximate surface area is 207 Å². The average Bonchev–Trinajstić information content (AvgIpc) is 3.44. The van der Waals surface area contributed by atoms with Crippen molar-refractivity contribution in [3.05, 3.63) is 70.8 Å². The first-order valence-corrected chi connectivity index (χ1v) is 13.0. The van der Waals surface area contributed by atoms with Crippen molar-refractivity contribution in [3.8, 4) is 5.75 Å². The Morgan fingerprint density at radius 2 is 1.63 bits per heavy atom. The Balaban J connectivity index is 1.53. The minimum Gasteiger partial charge on any atom is -0.482 e. The van der Waals surface area contributed by atoms with Gasteiger partial charge in [-0.2, -0.15) is 0 Å². The summed E-state index contributed by atoms with van der Waals surface area (Å²) < 4.78 is 6.59. The van der Waals surface area contributed by atoms with E-state index in [1.54, 1.807) is 0 Å². The van der Waals surface area contributed by atoms with Crippen LogP contribution in [0.1, 0.15) is 71.4 Å². The number of rotatable bonds is 5. The second-order valence-corrected chi connectivity index (χ2v) is 9.74. The number of amides is 2. The van der Waals surface area contributed by atoms with Crippen LogP contribution in [0.2, 0.25) is 0 Å². The molecule has 0 saturated carbocycles. The molecule has 2 saturated heterocycles. The Kier molecular flexibility index (Phi) is 6.65. The first kappa shape index (κ1) is 23.6. The maximum atomic E-state index is 13.1. The van der Waals surface area contributed by atoms with Crippen LogP contribution in [-0.4, -0.2) is 66.5 Å². The maximum absolute atomic E-state index is 13.1. The molecule has 2 amide bonds. The van der Waals surface area contributed by atoms with Crippen LogP contribution >= 0.6 is 0 Å². The highest BCUT2D eigenvalue weighted by Crippen LogP contribution is 2.43. The van der Waals surface area contributed by atoms with E-state index in [1.165, 1.54) is 0 Å². The van der Waals surface area contributed by atoms with Crippen molar-refractivity contribution in [2.24, 2.45) is 0 Å². The summed E-state index contributed by atoms with van der Waals surface area (Å²) in [7, 11) is 0. The lowest BCUT2D eigenvalue weighted by molar-refractivity contribution is 0.0768. The summed E-state index contributed by atoms with van der Waals surface area (Å²) in [5.41, 5.74) is 4.10. The summed E-state index contributed by atoms with van der Waals surface area (Å²) >= 11 is 0. The number of nitrogens with one attached hydrogen (secondary N) is 1. The van der Waals surface area contributed by atoms with Crippen LogP contribution in [0.5, 0.6) is 5.75 Å². The van der Waals surface area contributed by atoms with E-state index in [4.69, 9.17) is 4.74 Å². The lowest BCUT2D eigenvalue weighted by Gasteiger charge is -2.40. The standard InChI is InChI=1S/C29H35N3O3/c1-3-31(4-2)27(33)22-9-7-21(8-10-22)25-20-29(13-15-30-16-14-29)35-26-12-11-23(19-24(25)26)28(34)32-17-5-6-18-32/h7-12,19-20,30H,3-6,13-18H2,1-2H3. The van der Waals surface area contributed by atoms with Gasteiger partial charge in [0.15, 0.2) is 0 Å². The molecule has 0 unspecified atom stereocenters. The number of fused-ring (bicyclic) bond motifs is 1. The molecule has 0 bridgehead atoms. The molecule has 6 nitrogen and oxygen atoms in total. The van der Waals surface area contributed by atoms with E-state index in [-0.39, 0.29) is 17.4 Å². The van der Waals surface area contributed by atoms with Gasteiger partial charge in [0.05, 0.1) is 0 Å². The molecule has 1 spiro atoms. The molecule has 6 heteroatoms. The van der Waals surface area contributed by atoms with Gasteiger partial charge in [0.2, 0.25) is 0 Å². The topological polar surface area (TPSA) is 61.9 Å². The summed E-state index contributed by atoms with van der Waals surface area (Å²) in [5.74, 6) is 0.967. The average molecular weight is 474 g/mol. The van der Waals surface area contributed by atoms with Crippen LogP contribution in [0.4, 0.5) is 0 Å². The number of hydrogen-bond donors (Lipinski definition) is 1. The first-order valence-electron chi connectivity index (χ1n) is 13.0. The molecule has 184 valence electrons. The summed E-state index contributed by atoms with van der Waals surface area (Å²) in [6.45, 7) is 8.84. The molecule has 3 aliphatic rings. The number of likely N-dealkylation sites (tertiary alicyclic amines) is 1. The van der Waals surface area contributed by atoms with Gasteiger partial charge in [0.1, 0.15) is 11.4 Å². The van der Waals surface area contributed by atoms with Crippen LogP contribution in [0.25, 0.3) is 5.57 Å². The molecule has 3 aliphatic heterocycles. The predicted octanol–water partition coefficient (Wildman–Crippen LogP) is 4.35. The van der Waals surface area contributed by atoms with Gasteiger partial charge >= 0.3 is 0 Å². The fourth-order valence-electron chi connectivity index (χ4n) is 5.48. The monoisotopic (exact) mass is 473 g/mol. The Morgan fingerprint density at radius 3 is 2.29 bits per heavy atom. The zero-order chi connectivity index (χ0) is 24.4. The predicted molar refractivity (Wildman–Crippen MR) is 138 cm³/mol. The number of benzene rings is 2. The van der Waals surface area contributed by atoms with Crippen LogP contribution < -0.4 is 10.1 Å². The summed E-state index contributed by atoms with van der Waals surface area (Å²) in [4.78, 5) is 29.7. The highest BCUT2D eigenvalue weighted by Gasteiger charge is 2.37.